The maximum Gasteiger partial charge on any atom is 0.340 e. The summed E-state index contributed by atoms with van der Waals surface area (Å²) in [6, 6.07) is 4.56. The van der Waals surface area contributed by atoms with Gasteiger partial charge in [0.25, 0.3) is 0 Å². The number of methoxy groups -OCH3 is 2. The maximum atomic E-state index is 11.5. The lowest BCUT2D eigenvalue weighted by molar-refractivity contribution is -0.152. The number of carbonyl (C=O) groups excluding carboxylic acids is 2. The Morgan fingerprint density at radius 3 is 2.17 bits per heavy atom. The molecule has 98 valence electrons. The first-order valence-electron chi connectivity index (χ1n) is 5.49. The lowest BCUT2D eigenvalue weighted by Gasteiger charge is -2.17. The fourth-order valence-corrected chi connectivity index (χ4v) is 1.50. The third-order valence-electron chi connectivity index (χ3n) is 2.57. The monoisotopic (exact) mass is 251 g/mol. The average Bonchev–Trinajstić information content (AvgIpc) is 2.38. The summed E-state index contributed by atoms with van der Waals surface area (Å²) in [4.78, 5) is 23.1. The van der Waals surface area contributed by atoms with Gasteiger partial charge in [-0.2, -0.15) is 0 Å². The van der Waals surface area contributed by atoms with E-state index >= 15 is 0 Å². The fraction of sp³-hybridized carbons (Fsp3) is 0.385. The Bertz CT molecular complexity index is 440. The summed E-state index contributed by atoms with van der Waals surface area (Å²) in [5.41, 5.74) is 2.66. The van der Waals surface area contributed by atoms with Gasteiger partial charge in [-0.25, -0.2) is 9.59 Å². The van der Waals surface area contributed by atoms with Crippen molar-refractivity contribution in [3.8, 4) is 0 Å². The standard InChI is InChI=1S/C13H17NO4/c1-8-5-6-9(2)10(7-8)14-11(12(15)17-3)13(16)18-4/h5-7,11,14H,1-4H3. The summed E-state index contributed by atoms with van der Waals surface area (Å²) in [6.45, 7) is 3.81. The van der Waals surface area contributed by atoms with E-state index < -0.39 is 18.0 Å². The van der Waals surface area contributed by atoms with Gasteiger partial charge in [-0.3, -0.25) is 0 Å². The Kier molecular flexibility index (Phi) is 4.71. The molecule has 0 saturated heterocycles. The van der Waals surface area contributed by atoms with E-state index in [1.807, 2.05) is 32.0 Å². The minimum Gasteiger partial charge on any atom is -0.467 e. The molecule has 0 atom stereocenters. The van der Waals surface area contributed by atoms with E-state index in [9.17, 15) is 9.59 Å². The van der Waals surface area contributed by atoms with E-state index in [0.717, 1.165) is 11.1 Å². The minimum atomic E-state index is -1.15. The minimum absolute atomic E-state index is 0.678. The molecule has 0 spiro atoms. The topological polar surface area (TPSA) is 64.6 Å². The van der Waals surface area contributed by atoms with Crippen molar-refractivity contribution >= 4 is 17.6 Å². The largest absolute Gasteiger partial charge is 0.467 e. The molecule has 0 bridgehead atoms. The van der Waals surface area contributed by atoms with Gasteiger partial charge in [-0.15, -0.1) is 0 Å². The molecule has 0 fully saturated rings. The predicted octanol–water partition coefficient (Wildman–Crippen LogP) is 1.43. The van der Waals surface area contributed by atoms with Crippen molar-refractivity contribution in [3.63, 3.8) is 0 Å². The van der Waals surface area contributed by atoms with Crippen LogP contribution in [0.4, 0.5) is 5.69 Å². The Balaban J connectivity index is 2.99. The molecule has 5 nitrogen and oxygen atoms in total. The van der Waals surface area contributed by atoms with Crippen LogP contribution in [-0.4, -0.2) is 32.2 Å². The van der Waals surface area contributed by atoms with Gasteiger partial charge in [0, 0.05) is 5.69 Å². The second-order valence-electron chi connectivity index (χ2n) is 3.94. The van der Waals surface area contributed by atoms with Crippen LogP contribution in [0.3, 0.4) is 0 Å². The van der Waals surface area contributed by atoms with E-state index in [1.54, 1.807) is 0 Å². The molecule has 0 radical (unpaired) electrons. The molecule has 1 aromatic carbocycles. The highest BCUT2D eigenvalue weighted by atomic mass is 16.5. The molecule has 0 aliphatic rings. The Morgan fingerprint density at radius 1 is 1.11 bits per heavy atom. The van der Waals surface area contributed by atoms with E-state index in [2.05, 4.69) is 14.8 Å². The van der Waals surface area contributed by atoms with Gasteiger partial charge in [-0.1, -0.05) is 12.1 Å². The summed E-state index contributed by atoms with van der Waals surface area (Å²) >= 11 is 0. The zero-order chi connectivity index (χ0) is 13.7. The number of esters is 2. The number of carbonyl (C=O) groups is 2. The number of benzene rings is 1. The number of hydrogen-bond donors (Lipinski definition) is 1. The molecule has 5 heteroatoms. The molecule has 0 saturated carbocycles. The van der Waals surface area contributed by atoms with Crippen LogP contribution < -0.4 is 5.32 Å². The van der Waals surface area contributed by atoms with Crippen molar-refractivity contribution in [1.29, 1.82) is 0 Å². The summed E-state index contributed by atoms with van der Waals surface area (Å²) in [7, 11) is 2.45. The molecule has 0 aromatic heterocycles. The van der Waals surface area contributed by atoms with Crippen LogP contribution in [0.2, 0.25) is 0 Å². The van der Waals surface area contributed by atoms with Gasteiger partial charge in [0.1, 0.15) is 0 Å². The van der Waals surface area contributed by atoms with Crippen molar-refractivity contribution < 1.29 is 19.1 Å². The summed E-state index contributed by atoms with van der Waals surface area (Å²) in [5.74, 6) is -1.36. The molecular weight excluding hydrogens is 234 g/mol. The second-order valence-corrected chi connectivity index (χ2v) is 3.94. The van der Waals surface area contributed by atoms with E-state index in [-0.39, 0.29) is 0 Å². The smallest absolute Gasteiger partial charge is 0.340 e. The molecule has 1 N–H and O–H groups in total. The highest BCUT2D eigenvalue weighted by Crippen LogP contribution is 2.18. The molecule has 0 unspecified atom stereocenters. The van der Waals surface area contributed by atoms with Crippen LogP contribution >= 0.6 is 0 Å². The van der Waals surface area contributed by atoms with Crippen molar-refractivity contribution in [2.24, 2.45) is 0 Å². The highest BCUT2D eigenvalue weighted by Gasteiger charge is 2.28. The van der Waals surface area contributed by atoms with Gasteiger partial charge in [0.15, 0.2) is 0 Å². The van der Waals surface area contributed by atoms with E-state index in [0.29, 0.717) is 5.69 Å². The predicted molar refractivity (Wildman–Crippen MR) is 67.4 cm³/mol. The first kappa shape index (κ1) is 14.0. The number of aryl methyl sites for hydroxylation is 2. The maximum absolute atomic E-state index is 11.5. The van der Waals surface area contributed by atoms with Crippen molar-refractivity contribution in [1.82, 2.24) is 0 Å². The third-order valence-corrected chi connectivity index (χ3v) is 2.57. The average molecular weight is 251 g/mol. The van der Waals surface area contributed by atoms with Crippen LogP contribution in [0.25, 0.3) is 0 Å². The number of nitrogens with one attached hydrogen (secondary N) is 1. The molecule has 0 heterocycles. The third kappa shape index (κ3) is 3.23. The quantitative estimate of drug-likeness (QED) is 0.648. The van der Waals surface area contributed by atoms with Crippen LogP contribution in [0.1, 0.15) is 11.1 Å². The Hall–Kier alpha value is -2.04. The highest BCUT2D eigenvalue weighted by molar-refractivity contribution is 6.02. The van der Waals surface area contributed by atoms with Crippen molar-refractivity contribution in [2.75, 3.05) is 19.5 Å². The van der Waals surface area contributed by atoms with Crippen LogP contribution in [-0.2, 0) is 19.1 Å². The number of anilines is 1. The molecule has 0 amide bonds. The van der Waals surface area contributed by atoms with E-state index in [4.69, 9.17) is 0 Å². The lowest BCUT2D eigenvalue weighted by atomic mass is 10.1. The molecule has 1 rings (SSSR count). The van der Waals surface area contributed by atoms with Crippen molar-refractivity contribution in [3.05, 3.63) is 29.3 Å². The first-order chi connectivity index (χ1) is 8.49. The van der Waals surface area contributed by atoms with E-state index in [1.165, 1.54) is 14.2 Å². The fourth-order valence-electron chi connectivity index (χ4n) is 1.50. The van der Waals surface area contributed by atoms with Crippen molar-refractivity contribution in [2.45, 2.75) is 19.9 Å². The van der Waals surface area contributed by atoms with Crippen LogP contribution in [0.15, 0.2) is 18.2 Å². The Labute approximate surface area is 106 Å². The van der Waals surface area contributed by atoms with Gasteiger partial charge in [-0.05, 0) is 31.0 Å². The van der Waals surface area contributed by atoms with Gasteiger partial charge >= 0.3 is 11.9 Å². The SMILES string of the molecule is COC(=O)C(Nc1cc(C)ccc1C)C(=O)OC. The zero-order valence-corrected chi connectivity index (χ0v) is 10.9. The van der Waals surface area contributed by atoms with Gasteiger partial charge < -0.3 is 14.8 Å². The Morgan fingerprint density at radius 2 is 1.67 bits per heavy atom. The number of rotatable bonds is 4. The first-order valence-corrected chi connectivity index (χ1v) is 5.49. The molecular formula is C13H17NO4. The van der Waals surface area contributed by atoms with Gasteiger partial charge in [0.05, 0.1) is 14.2 Å². The number of hydrogen-bond acceptors (Lipinski definition) is 5. The molecule has 18 heavy (non-hydrogen) atoms. The summed E-state index contributed by atoms with van der Waals surface area (Å²) in [6.07, 6.45) is 0. The normalized spacial score (nSPS) is 10.1. The second kappa shape index (κ2) is 6.05. The summed E-state index contributed by atoms with van der Waals surface area (Å²) in [5, 5.41) is 2.84. The molecule has 0 aliphatic heterocycles. The number of ether oxygens (including phenoxy) is 2. The molecule has 0 aliphatic carbocycles. The molecule has 1 aromatic rings. The summed E-state index contributed by atoms with van der Waals surface area (Å²) < 4.78 is 9.15. The van der Waals surface area contributed by atoms with Gasteiger partial charge in [0.2, 0.25) is 6.04 Å². The zero-order valence-electron chi connectivity index (χ0n) is 10.9. The lowest BCUT2D eigenvalue weighted by Crippen LogP contribution is -2.39. The van der Waals surface area contributed by atoms with Crippen LogP contribution in [0.5, 0.6) is 0 Å². The van der Waals surface area contributed by atoms with Crippen LogP contribution in [0, 0.1) is 13.8 Å².